The van der Waals surface area contributed by atoms with E-state index in [4.69, 9.17) is 0 Å². The molecular formula is C14H21BrN2O2S. The average Bonchev–Trinajstić information content (AvgIpc) is 2.43. The van der Waals surface area contributed by atoms with Gasteiger partial charge in [-0.2, -0.15) is 0 Å². The quantitative estimate of drug-likeness (QED) is 0.838. The molecule has 2 rings (SSSR count). The summed E-state index contributed by atoms with van der Waals surface area (Å²) in [5.41, 5.74) is 1.07. The van der Waals surface area contributed by atoms with Crippen molar-refractivity contribution in [2.75, 3.05) is 13.6 Å². The van der Waals surface area contributed by atoms with E-state index >= 15 is 0 Å². The number of likely N-dealkylation sites (tertiary alicyclic amines) is 1. The third-order valence-corrected chi connectivity index (χ3v) is 6.10. The standard InChI is InChI=1S/C14H21BrN2O2S/c1-11-9-13(7-8-17(11)2)16-20(18,19)14-5-3-12(10-15)4-6-14/h3-6,11,13,16H,7-10H2,1-2H3. The van der Waals surface area contributed by atoms with Crippen molar-refractivity contribution in [2.45, 2.75) is 42.1 Å². The van der Waals surface area contributed by atoms with Gasteiger partial charge in [0.15, 0.2) is 0 Å². The number of hydrogen-bond acceptors (Lipinski definition) is 3. The third-order valence-electron chi connectivity index (χ3n) is 3.92. The second-order valence-electron chi connectivity index (χ2n) is 5.45. The minimum atomic E-state index is -3.41. The SMILES string of the molecule is CC1CC(NS(=O)(=O)c2ccc(CBr)cc2)CCN1C. The van der Waals surface area contributed by atoms with Crippen LogP contribution < -0.4 is 4.72 Å². The van der Waals surface area contributed by atoms with Gasteiger partial charge in [-0.05, 0) is 51.1 Å². The Morgan fingerprint density at radius 1 is 1.35 bits per heavy atom. The van der Waals surface area contributed by atoms with Crippen LogP contribution in [0.3, 0.4) is 0 Å². The molecule has 0 aliphatic carbocycles. The van der Waals surface area contributed by atoms with Crippen LogP contribution in [0.5, 0.6) is 0 Å². The van der Waals surface area contributed by atoms with Gasteiger partial charge >= 0.3 is 0 Å². The fourth-order valence-electron chi connectivity index (χ4n) is 2.44. The van der Waals surface area contributed by atoms with Crippen molar-refractivity contribution in [3.63, 3.8) is 0 Å². The maximum atomic E-state index is 12.4. The molecule has 0 bridgehead atoms. The van der Waals surface area contributed by atoms with E-state index in [2.05, 4.69) is 39.5 Å². The molecule has 1 saturated heterocycles. The Balaban J connectivity index is 2.07. The van der Waals surface area contributed by atoms with Crippen LogP contribution in [-0.2, 0) is 15.4 Å². The van der Waals surface area contributed by atoms with Crippen LogP contribution in [0.1, 0.15) is 25.3 Å². The van der Waals surface area contributed by atoms with Crippen LogP contribution in [0.4, 0.5) is 0 Å². The van der Waals surface area contributed by atoms with Gasteiger partial charge in [-0.1, -0.05) is 28.1 Å². The van der Waals surface area contributed by atoms with Crippen LogP contribution in [0.25, 0.3) is 0 Å². The first-order valence-electron chi connectivity index (χ1n) is 6.80. The summed E-state index contributed by atoms with van der Waals surface area (Å²) >= 11 is 3.35. The predicted octanol–water partition coefficient (Wildman–Crippen LogP) is 2.34. The number of benzene rings is 1. The summed E-state index contributed by atoms with van der Waals surface area (Å²) in [7, 11) is -1.33. The number of alkyl halides is 1. The molecule has 2 atom stereocenters. The fourth-order valence-corrected chi connectivity index (χ4v) is 4.10. The van der Waals surface area contributed by atoms with Crippen molar-refractivity contribution in [2.24, 2.45) is 0 Å². The molecule has 1 aromatic rings. The number of nitrogens with one attached hydrogen (secondary N) is 1. The highest BCUT2D eigenvalue weighted by Crippen LogP contribution is 2.19. The molecule has 1 N–H and O–H groups in total. The van der Waals surface area contributed by atoms with Crippen LogP contribution in [0.15, 0.2) is 29.2 Å². The van der Waals surface area contributed by atoms with Gasteiger partial charge in [-0.3, -0.25) is 0 Å². The van der Waals surface area contributed by atoms with E-state index in [-0.39, 0.29) is 6.04 Å². The first-order valence-corrected chi connectivity index (χ1v) is 9.40. The van der Waals surface area contributed by atoms with E-state index in [9.17, 15) is 8.42 Å². The monoisotopic (exact) mass is 360 g/mol. The average molecular weight is 361 g/mol. The molecule has 0 amide bonds. The van der Waals surface area contributed by atoms with Crippen molar-refractivity contribution in [3.8, 4) is 0 Å². The number of nitrogens with zero attached hydrogens (tertiary/aromatic N) is 1. The first-order chi connectivity index (χ1) is 9.42. The number of halogens is 1. The van der Waals surface area contributed by atoms with E-state index in [1.165, 1.54) is 0 Å². The van der Waals surface area contributed by atoms with E-state index < -0.39 is 10.0 Å². The van der Waals surface area contributed by atoms with Crippen LogP contribution in [0, 0.1) is 0 Å². The Morgan fingerprint density at radius 3 is 2.55 bits per heavy atom. The van der Waals surface area contributed by atoms with E-state index in [1.807, 2.05) is 12.1 Å². The summed E-state index contributed by atoms with van der Waals surface area (Å²) in [5.74, 6) is 0. The maximum absolute atomic E-state index is 12.4. The highest BCUT2D eigenvalue weighted by Gasteiger charge is 2.26. The summed E-state index contributed by atoms with van der Waals surface area (Å²) in [4.78, 5) is 2.60. The normalized spacial score (nSPS) is 24.8. The molecule has 1 heterocycles. The predicted molar refractivity (Wildman–Crippen MR) is 84.5 cm³/mol. The number of sulfonamides is 1. The van der Waals surface area contributed by atoms with Crippen molar-refractivity contribution >= 4 is 26.0 Å². The molecular weight excluding hydrogens is 340 g/mol. The second-order valence-corrected chi connectivity index (χ2v) is 7.72. The van der Waals surface area contributed by atoms with Gasteiger partial charge in [-0.25, -0.2) is 13.1 Å². The summed E-state index contributed by atoms with van der Waals surface area (Å²) in [6, 6.07) is 7.43. The Kier molecular flexibility index (Phi) is 5.23. The lowest BCUT2D eigenvalue weighted by molar-refractivity contribution is 0.178. The highest BCUT2D eigenvalue weighted by molar-refractivity contribution is 9.08. The lowest BCUT2D eigenvalue weighted by atomic mass is 10.0. The summed E-state index contributed by atoms with van der Waals surface area (Å²) in [6.45, 7) is 3.06. The highest BCUT2D eigenvalue weighted by atomic mass is 79.9. The van der Waals surface area contributed by atoms with Gasteiger partial charge in [0.2, 0.25) is 10.0 Å². The summed E-state index contributed by atoms with van der Waals surface area (Å²) in [6.07, 6.45) is 1.72. The molecule has 112 valence electrons. The van der Waals surface area contributed by atoms with Gasteiger partial charge in [0.05, 0.1) is 4.90 Å². The molecule has 0 radical (unpaired) electrons. The molecule has 0 saturated carbocycles. The number of rotatable bonds is 4. The third kappa shape index (κ3) is 3.81. The van der Waals surface area contributed by atoms with Gasteiger partial charge in [0.1, 0.15) is 0 Å². The van der Waals surface area contributed by atoms with Gasteiger partial charge < -0.3 is 4.90 Å². The van der Waals surface area contributed by atoms with Crippen LogP contribution >= 0.6 is 15.9 Å². The summed E-state index contributed by atoms with van der Waals surface area (Å²) in [5, 5.41) is 0.729. The lowest BCUT2D eigenvalue weighted by Gasteiger charge is -2.35. The van der Waals surface area contributed by atoms with E-state index in [0.29, 0.717) is 10.9 Å². The lowest BCUT2D eigenvalue weighted by Crippen LogP contribution is -2.47. The van der Waals surface area contributed by atoms with Crippen molar-refractivity contribution in [3.05, 3.63) is 29.8 Å². The molecule has 1 aliphatic heterocycles. The van der Waals surface area contributed by atoms with Gasteiger partial charge in [0.25, 0.3) is 0 Å². The Bertz CT molecular complexity index is 545. The summed E-state index contributed by atoms with van der Waals surface area (Å²) < 4.78 is 27.5. The smallest absolute Gasteiger partial charge is 0.240 e. The zero-order valence-electron chi connectivity index (χ0n) is 11.8. The molecule has 0 aromatic heterocycles. The Labute approximate surface area is 129 Å². The molecule has 6 heteroatoms. The van der Waals surface area contributed by atoms with Crippen molar-refractivity contribution in [1.29, 1.82) is 0 Å². The van der Waals surface area contributed by atoms with Gasteiger partial charge in [-0.15, -0.1) is 0 Å². The zero-order valence-corrected chi connectivity index (χ0v) is 14.2. The van der Waals surface area contributed by atoms with Gasteiger partial charge in [0, 0.05) is 17.4 Å². The molecule has 20 heavy (non-hydrogen) atoms. The number of hydrogen-bond donors (Lipinski definition) is 1. The molecule has 1 aliphatic rings. The van der Waals surface area contributed by atoms with Crippen LogP contribution in [0.2, 0.25) is 0 Å². The zero-order chi connectivity index (χ0) is 14.8. The van der Waals surface area contributed by atoms with E-state index in [1.54, 1.807) is 12.1 Å². The molecule has 4 nitrogen and oxygen atoms in total. The molecule has 2 unspecified atom stereocenters. The van der Waals surface area contributed by atoms with Crippen molar-refractivity contribution < 1.29 is 8.42 Å². The fraction of sp³-hybridized carbons (Fsp3) is 0.571. The van der Waals surface area contributed by atoms with Crippen LogP contribution in [-0.4, -0.2) is 39.0 Å². The first kappa shape index (κ1) is 15.9. The topological polar surface area (TPSA) is 49.4 Å². The number of piperidine rings is 1. The maximum Gasteiger partial charge on any atom is 0.240 e. The second kappa shape index (κ2) is 6.56. The molecule has 1 fully saturated rings. The Morgan fingerprint density at radius 2 is 2.00 bits per heavy atom. The van der Waals surface area contributed by atoms with E-state index in [0.717, 1.165) is 30.3 Å². The van der Waals surface area contributed by atoms with Crippen molar-refractivity contribution in [1.82, 2.24) is 9.62 Å². The largest absolute Gasteiger partial charge is 0.304 e. The molecule has 0 spiro atoms. The minimum Gasteiger partial charge on any atom is -0.304 e. The molecule has 1 aromatic carbocycles. The Hall–Kier alpha value is -0.430. The minimum absolute atomic E-state index is 0.0297.